The number of nitrogens with one attached hydrogen (secondary N) is 3. The molecule has 2 aromatic rings. The fourth-order valence-electron chi connectivity index (χ4n) is 3.15. The van der Waals surface area contributed by atoms with Crippen LogP contribution in [-0.4, -0.2) is 48.2 Å². The minimum atomic E-state index is -0.0409. The highest BCUT2D eigenvalue weighted by Crippen LogP contribution is 2.15. The number of likely N-dealkylation sites (N-methyl/N-ethyl adjacent to an activating group) is 1. The largest absolute Gasteiger partial charge is 0.366 e. The van der Waals surface area contributed by atoms with Crippen LogP contribution in [0.3, 0.4) is 0 Å². The number of H-pyrrole nitrogens is 1. The highest BCUT2D eigenvalue weighted by molar-refractivity contribution is 7.80. The SMILES string of the molecule is CCc1ccc2[nH]c(=O)c(CN(CC[NH+](CC)CC)C(=S)NC)cc2c1. The molecule has 0 fully saturated rings. The minimum Gasteiger partial charge on any atom is -0.366 e. The molecule has 6 heteroatoms. The van der Waals surface area contributed by atoms with Crippen LogP contribution >= 0.6 is 12.2 Å². The van der Waals surface area contributed by atoms with Gasteiger partial charge in [0.2, 0.25) is 0 Å². The standard InChI is InChI=1S/C20H30N4OS/c1-5-15-8-9-18-16(12-15)13-17(19(25)22-18)14-24(20(26)21-4)11-10-23(6-2)7-3/h8-9,12-13H,5-7,10-11,14H2,1-4H3,(H,21,26)(H,22,25)/p+1. The first-order valence-corrected chi connectivity index (χ1v) is 9.88. The maximum absolute atomic E-state index is 12.5. The normalized spacial score (nSPS) is 11.1. The second kappa shape index (κ2) is 9.69. The lowest BCUT2D eigenvalue weighted by molar-refractivity contribution is -0.895. The molecule has 0 radical (unpaired) electrons. The number of aromatic nitrogens is 1. The maximum Gasteiger partial charge on any atom is 0.253 e. The summed E-state index contributed by atoms with van der Waals surface area (Å²) in [5.74, 6) is 0. The van der Waals surface area contributed by atoms with Crippen LogP contribution in [0.5, 0.6) is 0 Å². The summed E-state index contributed by atoms with van der Waals surface area (Å²) in [6.45, 7) is 11.0. The zero-order chi connectivity index (χ0) is 19.1. The molecule has 0 aliphatic carbocycles. The Bertz CT molecular complexity index is 798. The highest BCUT2D eigenvalue weighted by Gasteiger charge is 2.15. The number of fused-ring (bicyclic) bond motifs is 1. The van der Waals surface area contributed by atoms with Crippen molar-refractivity contribution in [1.29, 1.82) is 0 Å². The van der Waals surface area contributed by atoms with Gasteiger partial charge in [-0.3, -0.25) is 4.79 Å². The van der Waals surface area contributed by atoms with Gasteiger partial charge in [-0.25, -0.2) is 0 Å². The maximum atomic E-state index is 12.5. The molecule has 0 bridgehead atoms. The monoisotopic (exact) mass is 375 g/mol. The Morgan fingerprint density at radius 1 is 1.23 bits per heavy atom. The van der Waals surface area contributed by atoms with E-state index in [9.17, 15) is 4.79 Å². The van der Waals surface area contributed by atoms with E-state index in [1.54, 1.807) is 0 Å². The van der Waals surface area contributed by atoms with Crippen molar-refractivity contribution in [3.8, 4) is 0 Å². The van der Waals surface area contributed by atoms with E-state index in [-0.39, 0.29) is 5.56 Å². The first kappa shape index (κ1) is 20.4. The summed E-state index contributed by atoms with van der Waals surface area (Å²) in [4.78, 5) is 19.1. The third kappa shape index (κ3) is 5.05. The summed E-state index contributed by atoms with van der Waals surface area (Å²) in [7, 11) is 1.83. The molecule has 1 aromatic carbocycles. The molecule has 0 unspecified atom stereocenters. The van der Waals surface area contributed by atoms with Gasteiger partial charge < -0.3 is 20.1 Å². The van der Waals surface area contributed by atoms with Gasteiger partial charge in [-0.2, -0.15) is 0 Å². The first-order chi connectivity index (χ1) is 12.5. The van der Waals surface area contributed by atoms with Crippen LogP contribution in [0.1, 0.15) is 31.9 Å². The number of hydrogen-bond donors (Lipinski definition) is 3. The van der Waals surface area contributed by atoms with Crippen LogP contribution in [0.25, 0.3) is 10.9 Å². The van der Waals surface area contributed by atoms with Crippen LogP contribution in [-0.2, 0) is 13.0 Å². The van der Waals surface area contributed by atoms with Gasteiger partial charge in [0.25, 0.3) is 5.56 Å². The zero-order valence-electron chi connectivity index (χ0n) is 16.3. The Hall–Kier alpha value is -1.92. The lowest BCUT2D eigenvalue weighted by Crippen LogP contribution is -3.12. The molecule has 0 aliphatic rings. The number of aryl methyl sites for hydroxylation is 1. The van der Waals surface area contributed by atoms with E-state index < -0.39 is 0 Å². The number of rotatable bonds is 8. The van der Waals surface area contributed by atoms with E-state index >= 15 is 0 Å². The Labute approximate surface area is 161 Å². The van der Waals surface area contributed by atoms with Gasteiger partial charge in [-0.05, 0) is 61.6 Å². The quantitative estimate of drug-likeness (QED) is 0.609. The third-order valence-electron chi connectivity index (χ3n) is 4.99. The van der Waals surface area contributed by atoms with Crippen molar-refractivity contribution in [2.45, 2.75) is 33.7 Å². The van der Waals surface area contributed by atoms with E-state index in [4.69, 9.17) is 12.2 Å². The average molecular weight is 376 g/mol. The third-order valence-corrected chi connectivity index (χ3v) is 5.45. The summed E-state index contributed by atoms with van der Waals surface area (Å²) in [5.41, 5.74) is 2.85. The lowest BCUT2D eigenvalue weighted by Gasteiger charge is -2.26. The van der Waals surface area contributed by atoms with Crippen molar-refractivity contribution >= 4 is 28.2 Å². The second-order valence-electron chi connectivity index (χ2n) is 6.58. The molecule has 0 saturated heterocycles. The van der Waals surface area contributed by atoms with Gasteiger partial charge in [0, 0.05) is 18.1 Å². The molecule has 1 heterocycles. The van der Waals surface area contributed by atoms with E-state index in [1.165, 1.54) is 10.5 Å². The topological polar surface area (TPSA) is 52.6 Å². The number of hydrogen-bond acceptors (Lipinski definition) is 2. The van der Waals surface area contributed by atoms with Gasteiger partial charge in [-0.1, -0.05) is 13.0 Å². The smallest absolute Gasteiger partial charge is 0.253 e. The molecule has 1 aromatic heterocycles. The highest BCUT2D eigenvalue weighted by atomic mass is 32.1. The van der Waals surface area contributed by atoms with E-state index in [0.717, 1.165) is 49.1 Å². The molecule has 2 rings (SSSR count). The summed E-state index contributed by atoms with van der Waals surface area (Å²) < 4.78 is 0. The van der Waals surface area contributed by atoms with Crippen molar-refractivity contribution in [3.63, 3.8) is 0 Å². The molecule has 5 nitrogen and oxygen atoms in total. The van der Waals surface area contributed by atoms with Crippen LogP contribution in [0.2, 0.25) is 0 Å². The summed E-state index contributed by atoms with van der Waals surface area (Å²) >= 11 is 5.47. The molecule has 0 atom stereocenters. The van der Waals surface area contributed by atoms with Crippen LogP contribution in [0, 0.1) is 0 Å². The number of benzene rings is 1. The van der Waals surface area contributed by atoms with Crippen molar-refractivity contribution < 1.29 is 4.90 Å². The van der Waals surface area contributed by atoms with Crippen LogP contribution < -0.4 is 15.8 Å². The Morgan fingerprint density at radius 3 is 2.58 bits per heavy atom. The van der Waals surface area contributed by atoms with E-state index in [2.05, 4.69) is 48.1 Å². The van der Waals surface area contributed by atoms with Crippen molar-refractivity contribution in [3.05, 3.63) is 45.7 Å². The van der Waals surface area contributed by atoms with Crippen LogP contribution in [0.4, 0.5) is 0 Å². The Morgan fingerprint density at radius 2 is 1.96 bits per heavy atom. The molecule has 0 saturated carbocycles. The number of nitrogens with zero attached hydrogens (tertiary/aromatic N) is 1. The molecular weight excluding hydrogens is 344 g/mol. The number of quaternary nitrogens is 1. The van der Waals surface area contributed by atoms with Gasteiger partial charge in [-0.15, -0.1) is 0 Å². The average Bonchev–Trinajstić information content (AvgIpc) is 2.67. The van der Waals surface area contributed by atoms with Gasteiger partial charge in [0.05, 0.1) is 32.7 Å². The fourth-order valence-corrected chi connectivity index (χ4v) is 3.31. The van der Waals surface area contributed by atoms with Crippen molar-refractivity contribution in [2.24, 2.45) is 0 Å². The predicted molar refractivity (Wildman–Crippen MR) is 113 cm³/mol. The summed E-state index contributed by atoms with van der Waals surface area (Å²) in [6.07, 6.45) is 0.979. The molecular formula is C20H31N4OS+. The van der Waals surface area contributed by atoms with Gasteiger partial charge >= 0.3 is 0 Å². The predicted octanol–water partition coefficient (Wildman–Crippen LogP) is 1.32. The molecule has 0 aliphatic heterocycles. The van der Waals surface area contributed by atoms with Crippen molar-refractivity contribution in [1.82, 2.24) is 15.2 Å². The Balaban J connectivity index is 2.27. The summed E-state index contributed by atoms with van der Waals surface area (Å²) in [5, 5.41) is 4.81. The molecule has 0 amide bonds. The lowest BCUT2D eigenvalue weighted by atomic mass is 10.1. The number of aromatic amines is 1. The molecule has 142 valence electrons. The van der Waals surface area contributed by atoms with Gasteiger partial charge in [0.1, 0.15) is 0 Å². The van der Waals surface area contributed by atoms with Crippen LogP contribution in [0.15, 0.2) is 29.1 Å². The molecule has 26 heavy (non-hydrogen) atoms. The fraction of sp³-hybridized carbons (Fsp3) is 0.500. The molecule has 3 N–H and O–H groups in total. The minimum absolute atomic E-state index is 0.0409. The zero-order valence-corrected chi connectivity index (χ0v) is 17.1. The first-order valence-electron chi connectivity index (χ1n) is 9.47. The molecule has 0 spiro atoms. The van der Waals surface area contributed by atoms with Crippen molar-refractivity contribution in [2.75, 3.05) is 33.2 Å². The van der Waals surface area contributed by atoms with E-state index in [0.29, 0.717) is 11.7 Å². The van der Waals surface area contributed by atoms with Gasteiger partial charge in [0.15, 0.2) is 5.11 Å². The second-order valence-corrected chi connectivity index (χ2v) is 6.97. The Kier molecular flexibility index (Phi) is 7.60. The summed E-state index contributed by atoms with van der Waals surface area (Å²) in [6, 6.07) is 8.20. The van der Waals surface area contributed by atoms with E-state index in [1.807, 2.05) is 19.2 Å². The number of thiocarbonyl (C=S) groups is 1. The number of pyridine rings is 1.